The number of rotatable bonds is 3. The highest BCUT2D eigenvalue weighted by Crippen LogP contribution is 2.33. The summed E-state index contributed by atoms with van der Waals surface area (Å²) in [7, 11) is 0. The van der Waals surface area contributed by atoms with E-state index in [0.717, 1.165) is 46.9 Å². The summed E-state index contributed by atoms with van der Waals surface area (Å²) in [6, 6.07) is 7.38. The summed E-state index contributed by atoms with van der Waals surface area (Å²) in [5.41, 5.74) is 1.25. The first-order valence-electron chi connectivity index (χ1n) is 8.14. The van der Waals surface area contributed by atoms with Crippen molar-refractivity contribution in [2.45, 2.75) is 0 Å². The van der Waals surface area contributed by atoms with Crippen LogP contribution in [0.1, 0.15) is 5.56 Å². The molecule has 2 aromatic heterocycles. The van der Waals surface area contributed by atoms with Crippen LogP contribution in [0.4, 0.5) is 5.13 Å². The molecule has 3 aromatic rings. The van der Waals surface area contributed by atoms with Crippen molar-refractivity contribution in [1.29, 1.82) is 5.26 Å². The van der Waals surface area contributed by atoms with Gasteiger partial charge in [-0.05, 0) is 18.2 Å². The number of piperazine rings is 1. The van der Waals surface area contributed by atoms with Crippen LogP contribution in [0.5, 0.6) is 0 Å². The fourth-order valence-electron chi connectivity index (χ4n) is 3.18. The Morgan fingerprint density at radius 3 is 2.84 bits per heavy atom. The molecular formula is C17H17N5O2S. The van der Waals surface area contributed by atoms with E-state index < -0.39 is 0 Å². The molecule has 1 aromatic carbocycles. The molecule has 8 heteroatoms. The number of hydrogen-bond acceptors (Lipinski definition) is 7. The number of β-amino-alcohol motifs (C(OH)–C–C–N with tert-alkyl or cyclic N) is 1. The second-order valence-electron chi connectivity index (χ2n) is 6.05. The van der Waals surface area contributed by atoms with E-state index in [2.05, 4.69) is 14.8 Å². The van der Waals surface area contributed by atoms with Crippen molar-refractivity contribution < 1.29 is 5.11 Å². The summed E-state index contributed by atoms with van der Waals surface area (Å²) >= 11 is 1.62. The summed E-state index contributed by atoms with van der Waals surface area (Å²) in [6.45, 7) is 4.46. The standard InChI is InChI=1S/C17H17N5O2S/c18-10-11-9-12-13(19-16(11)24)1-2-14-15(12)20-17(25-14)22-5-3-21(4-6-22)7-8-23/h1-2,9,23H,3-8H2,(H,19,24). The second-order valence-corrected chi connectivity index (χ2v) is 7.06. The van der Waals surface area contributed by atoms with Crippen LogP contribution in [0, 0.1) is 11.3 Å². The maximum absolute atomic E-state index is 11.8. The number of aromatic nitrogens is 2. The zero-order chi connectivity index (χ0) is 17.4. The second kappa shape index (κ2) is 6.44. The number of benzene rings is 1. The number of nitriles is 1. The van der Waals surface area contributed by atoms with Crippen LogP contribution < -0.4 is 10.5 Å². The number of thiazole rings is 1. The number of H-pyrrole nitrogens is 1. The van der Waals surface area contributed by atoms with Gasteiger partial charge < -0.3 is 15.0 Å². The summed E-state index contributed by atoms with van der Waals surface area (Å²) in [4.78, 5) is 23.8. The average Bonchev–Trinajstić information content (AvgIpc) is 3.06. The molecule has 7 nitrogen and oxygen atoms in total. The minimum absolute atomic E-state index is 0.104. The number of hydrogen-bond donors (Lipinski definition) is 2. The highest BCUT2D eigenvalue weighted by atomic mass is 32.1. The molecule has 3 heterocycles. The Labute approximate surface area is 147 Å². The van der Waals surface area contributed by atoms with Crippen LogP contribution in [-0.2, 0) is 0 Å². The number of pyridine rings is 1. The Balaban J connectivity index is 1.72. The van der Waals surface area contributed by atoms with Crippen molar-refractivity contribution in [3.63, 3.8) is 0 Å². The van der Waals surface area contributed by atoms with Crippen molar-refractivity contribution in [2.24, 2.45) is 0 Å². The molecule has 0 spiro atoms. The molecule has 2 N–H and O–H groups in total. The lowest BCUT2D eigenvalue weighted by atomic mass is 10.1. The van der Waals surface area contributed by atoms with Crippen molar-refractivity contribution in [3.8, 4) is 6.07 Å². The Kier molecular flexibility index (Phi) is 4.13. The molecule has 1 saturated heterocycles. The monoisotopic (exact) mass is 355 g/mol. The SMILES string of the molecule is N#Cc1cc2c(ccc3sc(N4CCN(CCO)CC4)nc32)[nH]c1=O. The van der Waals surface area contributed by atoms with Crippen LogP contribution in [-0.4, -0.2) is 59.3 Å². The van der Waals surface area contributed by atoms with Crippen LogP contribution in [0.2, 0.25) is 0 Å². The largest absolute Gasteiger partial charge is 0.395 e. The van der Waals surface area contributed by atoms with Gasteiger partial charge in [0.1, 0.15) is 11.6 Å². The molecular weight excluding hydrogens is 338 g/mol. The molecule has 25 heavy (non-hydrogen) atoms. The molecule has 1 fully saturated rings. The average molecular weight is 355 g/mol. The minimum Gasteiger partial charge on any atom is -0.395 e. The van der Waals surface area contributed by atoms with Crippen molar-refractivity contribution in [1.82, 2.24) is 14.9 Å². The van der Waals surface area contributed by atoms with Crippen LogP contribution in [0.25, 0.3) is 21.1 Å². The van der Waals surface area contributed by atoms with Gasteiger partial charge in [-0.2, -0.15) is 5.26 Å². The Morgan fingerprint density at radius 1 is 1.32 bits per heavy atom. The summed E-state index contributed by atoms with van der Waals surface area (Å²) in [5.74, 6) is 0. The number of nitrogens with zero attached hydrogens (tertiary/aromatic N) is 4. The van der Waals surface area contributed by atoms with Crippen LogP contribution in [0.3, 0.4) is 0 Å². The van der Waals surface area contributed by atoms with Gasteiger partial charge in [0.15, 0.2) is 5.13 Å². The number of fused-ring (bicyclic) bond motifs is 3. The third-order valence-corrected chi connectivity index (χ3v) is 5.63. The molecule has 0 bridgehead atoms. The quantitative estimate of drug-likeness (QED) is 0.731. The number of aliphatic hydroxyl groups excluding tert-OH is 1. The fraction of sp³-hybridized carbons (Fsp3) is 0.353. The predicted molar refractivity (Wildman–Crippen MR) is 98.2 cm³/mol. The molecule has 4 rings (SSSR count). The van der Waals surface area contributed by atoms with E-state index in [1.165, 1.54) is 0 Å². The molecule has 1 aliphatic heterocycles. The molecule has 0 saturated carbocycles. The fourth-order valence-corrected chi connectivity index (χ4v) is 4.21. The normalized spacial score (nSPS) is 15.8. The molecule has 128 valence electrons. The van der Waals surface area contributed by atoms with Crippen LogP contribution in [0.15, 0.2) is 23.0 Å². The summed E-state index contributed by atoms with van der Waals surface area (Å²) < 4.78 is 1.04. The zero-order valence-electron chi connectivity index (χ0n) is 13.5. The molecule has 1 aliphatic rings. The lowest BCUT2D eigenvalue weighted by Crippen LogP contribution is -2.47. The van der Waals surface area contributed by atoms with Crippen molar-refractivity contribution in [2.75, 3.05) is 44.2 Å². The number of aromatic amines is 1. The maximum atomic E-state index is 11.8. The van der Waals surface area contributed by atoms with Gasteiger partial charge in [-0.25, -0.2) is 4.98 Å². The Bertz CT molecular complexity index is 1030. The molecule has 0 aliphatic carbocycles. The first-order chi connectivity index (χ1) is 12.2. The van der Waals surface area contributed by atoms with E-state index in [-0.39, 0.29) is 17.7 Å². The molecule has 0 unspecified atom stereocenters. The van der Waals surface area contributed by atoms with Gasteiger partial charge in [-0.15, -0.1) is 0 Å². The van der Waals surface area contributed by atoms with Crippen molar-refractivity contribution >= 4 is 37.6 Å². The highest BCUT2D eigenvalue weighted by molar-refractivity contribution is 7.22. The highest BCUT2D eigenvalue weighted by Gasteiger charge is 2.20. The molecule has 0 amide bonds. The summed E-state index contributed by atoms with van der Waals surface area (Å²) in [6.07, 6.45) is 0. The third-order valence-electron chi connectivity index (χ3n) is 4.55. The van der Waals surface area contributed by atoms with Gasteiger partial charge in [-0.3, -0.25) is 9.69 Å². The smallest absolute Gasteiger partial charge is 0.266 e. The summed E-state index contributed by atoms with van der Waals surface area (Å²) in [5, 5.41) is 19.9. The van der Waals surface area contributed by atoms with Gasteiger partial charge in [0.05, 0.1) is 22.3 Å². The first-order valence-corrected chi connectivity index (χ1v) is 8.96. The van der Waals surface area contributed by atoms with Crippen LogP contribution >= 0.6 is 11.3 Å². The van der Waals surface area contributed by atoms with Gasteiger partial charge in [0.2, 0.25) is 0 Å². The minimum atomic E-state index is -0.371. The van der Waals surface area contributed by atoms with E-state index in [1.54, 1.807) is 17.4 Å². The number of anilines is 1. The Hall–Kier alpha value is -2.47. The first kappa shape index (κ1) is 16.0. The lowest BCUT2D eigenvalue weighted by molar-refractivity contribution is 0.189. The Morgan fingerprint density at radius 2 is 2.12 bits per heavy atom. The van der Waals surface area contributed by atoms with E-state index >= 15 is 0 Å². The molecule has 0 radical (unpaired) electrons. The zero-order valence-corrected chi connectivity index (χ0v) is 14.3. The van der Waals surface area contributed by atoms with E-state index in [0.29, 0.717) is 12.1 Å². The third kappa shape index (κ3) is 2.87. The maximum Gasteiger partial charge on any atom is 0.266 e. The van der Waals surface area contributed by atoms with E-state index in [4.69, 9.17) is 15.4 Å². The lowest BCUT2D eigenvalue weighted by Gasteiger charge is -2.34. The molecule has 0 atom stereocenters. The predicted octanol–water partition coefficient (Wildman–Crippen LogP) is 1.12. The number of aliphatic hydroxyl groups is 1. The topological polar surface area (TPSA) is 96.2 Å². The van der Waals surface area contributed by atoms with Gasteiger partial charge >= 0.3 is 0 Å². The van der Waals surface area contributed by atoms with E-state index in [1.807, 2.05) is 18.2 Å². The van der Waals surface area contributed by atoms with Gasteiger partial charge in [-0.1, -0.05) is 11.3 Å². The van der Waals surface area contributed by atoms with Crippen molar-refractivity contribution in [3.05, 3.63) is 34.1 Å². The number of nitrogens with one attached hydrogen (secondary N) is 1. The van der Waals surface area contributed by atoms with E-state index in [9.17, 15) is 4.79 Å². The van der Waals surface area contributed by atoms with Gasteiger partial charge in [0.25, 0.3) is 5.56 Å². The van der Waals surface area contributed by atoms with Gasteiger partial charge in [0, 0.05) is 38.1 Å².